The van der Waals surface area contributed by atoms with Gasteiger partial charge in [0.15, 0.2) is 0 Å². The number of hydrogen-bond acceptors (Lipinski definition) is 2. The lowest BCUT2D eigenvalue weighted by Gasteiger charge is -2.33. The summed E-state index contributed by atoms with van der Waals surface area (Å²) in [6, 6.07) is 76.3. The Bertz CT molecular complexity index is 3020. The van der Waals surface area contributed by atoms with Gasteiger partial charge in [-0.3, -0.25) is 14.1 Å². The first kappa shape index (κ1) is 33.0. The molecule has 0 bridgehead atoms. The van der Waals surface area contributed by atoms with E-state index in [0.717, 1.165) is 50.1 Å². The Morgan fingerprint density at radius 3 is 1.18 bits per heavy atom. The van der Waals surface area contributed by atoms with Crippen molar-refractivity contribution in [3.63, 3.8) is 0 Å². The second-order valence-corrected chi connectivity index (χ2v) is 18.3. The van der Waals surface area contributed by atoms with E-state index in [4.69, 9.17) is 9.97 Å². The summed E-state index contributed by atoms with van der Waals surface area (Å²) in [6.45, 7) is 0. The molecule has 0 radical (unpaired) electrons. The minimum absolute atomic E-state index is 0.860. The lowest BCUT2D eigenvalue weighted by Crippen LogP contribution is -2.75. The van der Waals surface area contributed by atoms with Crippen molar-refractivity contribution in [2.24, 2.45) is 0 Å². The van der Waals surface area contributed by atoms with E-state index in [1.165, 1.54) is 37.1 Å². The number of rotatable bonds is 7. The van der Waals surface area contributed by atoms with Crippen LogP contribution in [0.4, 0.5) is 0 Å². The number of pyridine rings is 2. The molecular weight excluding hydrogens is 709 g/mol. The Labute approximate surface area is 331 Å². The minimum Gasteiger partial charge on any atom is -0.294 e. The topological polar surface area (TPSA) is 35.6 Å². The maximum atomic E-state index is 5.66. The standard InChI is InChI=1S/C52H36N4Si/c1-4-18-38(19-5-1)57(39-20-6-2-7-21-39,40-22-8-3-9-23-40)51-35-32-37(36-53-51)41-33-34-50(55-46-28-14-10-24-42(46)43-25-11-15-29-47(43)55)54-52(41)56-48-30-16-12-26-44(48)45-27-13-17-31-49(45)56/h1-36H. The van der Waals surface area contributed by atoms with Gasteiger partial charge in [0.25, 0.3) is 0 Å². The van der Waals surface area contributed by atoms with E-state index in [1.54, 1.807) is 0 Å². The van der Waals surface area contributed by atoms with Gasteiger partial charge >= 0.3 is 0 Å². The fourth-order valence-electron chi connectivity index (χ4n) is 9.06. The molecule has 11 rings (SSSR count). The Morgan fingerprint density at radius 1 is 0.351 bits per heavy atom. The number of hydrogen-bond donors (Lipinski definition) is 0. The van der Waals surface area contributed by atoms with Crippen LogP contribution in [0.15, 0.2) is 219 Å². The lowest BCUT2D eigenvalue weighted by atomic mass is 10.1. The van der Waals surface area contributed by atoms with E-state index in [-0.39, 0.29) is 0 Å². The summed E-state index contributed by atoms with van der Waals surface area (Å²) in [7, 11) is -2.80. The van der Waals surface area contributed by atoms with Crippen molar-refractivity contribution >= 4 is 72.6 Å². The highest BCUT2D eigenvalue weighted by atomic mass is 28.3. The molecule has 4 aromatic heterocycles. The van der Waals surface area contributed by atoms with Crippen LogP contribution in [0.5, 0.6) is 0 Å². The predicted octanol–water partition coefficient (Wildman–Crippen LogP) is 9.72. The zero-order valence-electron chi connectivity index (χ0n) is 31.1. The second-order valence-electron chi connectivity index (χ2n) is 14.6. The van der Waals surface area contributed by atoms with Crippen LogP contribution in [0.25, 0.3) is 66.4 Å². The summed E-state index contributed by atoms with van der Waals surface area (Å²) in [5.74, 6) is 1.72. The summed E-state index contributed by atoms with van der Waals surface area (Å²) in [5.41, 5.74) is 6.50. The Morgan fingerprint density at radius 2 is 0.754 bits per heavy atom. The van der Waals surface area contributed by atoms with E-state index in [0.29, 0.717) is 0 Å². The van der Waals surface area contributed by atoms with Crippen molar-refractivity contribution in [2.75, 3.05) is 0 Å². The van der Waals surface area contributed by atoms with Crippen LogP contribution < -0.4 is 20.9 Å². The molecular formula is C52H36N4Si. The molecule has 0 saturated heterocycles. The molecule has 4 heterocycles. The van der Waals surface area contributed by atoms with Crippen LogP contribution in [0.3, 0.4) is 0 Å². The van der Waals surface area contributed by atoms with Crippen LogP contribution in [0.1, 0.15) is 0 Å². The molecule has 5 heteroatoms. The van der Waals surface area contributed by atoms with Gasteiger partial charge in [0.1, 0.15) is 11.6 Å². The van der Waals surface area contributed by atoms with Crippen LogP contribution >= 0.6 is 0 Å². The highest BCUT2D eigenvalue weighted by Crippen LogP contribution is 2.37. The van der Waals surface area contributed by atoms with Crippen molar-refractivity contribution in [2.45, 2.75) is 0 Å². The molecule has 7 aromatic carbocycles. The summed E-state index contributed by atoms with van der Waals surface area (Å²) >= 11 is 0. The Hall–Kier alpha value is -7.34. The summed E-state index contributed by atoms with van der Waals surface area (Å²) in [6.07, 6.45) is 2.07. The first-order valence-corrected chi connectivity index (χ1v) is 21.4. The third-order valence-electron chi connectivity index (χ3n) is 11.5. The molecule has 0 saturated carbocycles. The quantitative estimate of drug-likeness (QED) is 0.120. The number of benzene rings is 7. The Kier molecular flexibility index (Phi) is 7.79. The molecule has 0 spiro atoms. The summed E-state index contributed by atoms with van der Waals surface area (Å²) in [4.78, 5) is 11.1. The van der Waals surface area contributed by atoms with Gasteiger partial charge in [-0.05, 0) is 58.0 Å². The van der Waals surface area contributed by atoms with Crippen LogP contribution in [-0.2, 0) is 0 Å². The highest BCUT2D eigenvalue weighted by molar-refractivity contribution is 7.19. The van der Waals surface area contributed by atoms with Gasteiger partial charge in [0.05, 0.1) is 22.1 Å². The molecule has 57 heavy (non-hydrogen) atoms. The van der Waals surface area contributed by atoms with Crippen LogP contribution in [0.2, 0.25) is 0 Å². The van der Waals surface area contributed by atoms with E-state index in [2.05, 4.69) is 228 Å². The molecule has 4 nitrogen and oxygen atoms in total. The molecule has 0 aliphatic rings. The van der Waals surface area contributed by atoms with Gasteiger partial charge in [0, 0.05) is 44.2 Å². The van der Waals surface area contributed by atoms with Crippen LogP contribution in [0, 0.1) is 0 Å². The maximum Gasteiger partial charge on any atom is 0.201 e. The van der Waals surface area contributed by atoms with Crippen molar-refractivity contribution in [1.82, 2.24) is 19.1 Å². The van der Waals surface area contributed by atoms with Crippen LogP contribution in [-0.4, -0.2) is 27.2 Å². The third-order valence-corrected chi connectivity index (χ3v) is 16.2. The van der Waals surface area contributed by atoms with Crippen molar-refractivity contribution in [3.8, 4) is 22.8 Å². The smallest absolute Gasteiger partial charge is 0.201 e. The molecule has 0 unspecified atom stereocenters. The SMILES string of the molecule is c1ccc([Si](c2ccccc2)(c2ccccc2)c2ccc(-c3ccc(-n4c5ccccc5c5ccccc54)nc3-n3c4ccccc4c4ccccc43)cn2)cc1. The molecule has 0 atom stereocenters. The van der Waals surface area contributed by atoms with Gasteiger partial charge in [-0.1, -0.05) is 170 Å². The number of aromatic nitrogens is 4. The van der Waals surface area contributed by atoms with E-state index >= 15 is 0 Å². The first-order valence-electron chi connectivity index (χ1n) is 19.4. The molecule has 0 aliphatic carbocycles. The van der Waals surface area contributed by atoms with Gasteiger partial charge in [-0.25, -0.2) is 4.98 Å². The fraction of sp³-hybridized carbons (Fsp3) is 0. The normalized spacial score (nSPS) is 11.9. The zero-order valence-corrected chi connectivity index (χ0v) is 32.1. The Balaban J connectivity index is 1.17. The molecule has 0 aliphatic heterocycles. The monoisotopic (exact) mass is 744 g/mol. The molecule has 0 fully saturated rings. The molecule has 0 N–H and O–H groups in total. The molecule has 11 aromatic rings. The van der Waals surface area contributed by atoms with E-state index in [9.17, 15) is 0 Å². The maximum absolute atomic E-state index is 5.66. The largest absolute Gasteiger partial charge is 0.294 e. The average molecular weight is 745 g/mol. The minimum atomic E-state index is -2.80. The van der Waals surface area contributed by atoms with Crippen molar-refractivity contribution in [1.29, 1.82) is 0 Å². The number of nitrogens with zero attached hydrogens (tertiary/aromatic N) is 4. The average Bonchev–Trinajstić information content (AvgIpc) is 3.81. The van der Waals surface area contributed by atoms with Gasteiger partial charge < -0.3 is 0 Å². The third kappa shape index (κ3) is 5.13. The summed E-state index contributed by atoms with van der Waals surface area (Å²) in [5, 5.41) is 9.78. The van der Waals surface area contributed by atoms with E-state index < -0.39 is 8.07 Å². The fourth-order valence-corrected chi connectivity index (χ4v) is 13.6. The zero-order chi connectivity index (χ0) is 37.8. The van der Waals surface area contributed by atoms with Gasteiger partial charge in [-0.15, -0.1) is 0 Å². The number of para-hydroxylation sites is 4. The van der Waals surface area contributed by atoms with Gasteiger partial charge in [0.2, 0.25) is 8.07 Å². The molecule has 0 amide bonds. The molecule has 268 valence electrons. The predicted molar refractivity (Wildman–Crippen MR) is 240 cm³/mol. The first-order chi connectivity index (χ1) is 28.3. The van der Waals surface area contributed by atoms with Crippen molar-refractivity contribution < 1.29 is 0 Å². The van der Waals surface area contributed by atoms with Gasteiger partial charge in [-0.2, -0.15) is 0 Å². The number of fused-ring (bicyclic) bond motifs is 6. The summed E-state index contributed by atoms with van der Waals surface area (Å²) < 4.78 is 4.63. The highest BCUT2D eigenvalue weighted by Gasteiger charge is 2.42. The lowest BCUT2D eigenvalue weighted by molar-refractivity contribution is 1.02. The van der Waals surface area contributed by atoms with E-state index in [1.807, 2.05) is 0 Å². The second kappa shape index (κ2) is 13.4. The van der Waals surface area contributed by atoms with Crippen molar-refractivity contribution in [3.05, 3.63) is 219 Å².